The SMILES string of the molecule is COc1cc(C)c([C@@H](C)NC(=O)CSCc2ccc([N+](=O)[O-])cc2)cc1C(C)C. The molecule has 0 unspecified atom stereocenters. The van der Waals surface area contributed by atoms with Crippen molar-refractivity contribution >= 4 is 23.4 Å². The largest absolute Gasteiger partial charge is 0.496 e. The van der Waals surface area contributed by atoms with Gasteiger partial charge in [-0.3, -0.25) is 14.9 Å². The fraction of sp³-hybridized carbons (Fsp3) is 0.409. The van der Waals surface area contributed by atoms with Gasteiger partial charge >= 0.3 is 0 Å². The second-order valence-corrected chi connectivity index (χ2v) is 8.30. The lowest BCUT2D eigenvalue weighted by atomic mass is 9.93. The minimum atomic E-state index is -0.419. The van der Waals surface area contributed by atoms with Gasteiger partial charge in [0.25, 0.3) is 5.69 Å². The molecule has 0 fully saturated rings. The Morgan fingerprint density at radius 1 is 1.17 bits per heavy atom. The lowest BCUT2D eigenvalue weighted by Gasteiger charge is -2.21. The van der Waals surface area contributed by atoms with E-state index in [1.54, 1.807) is 19.2 Å². The maximum absolute atomic E-state index is 12.4. The molecule has 0 saturated carbocycles. The number of nitrogens with one attached hydrogen (secondary N) is 1. The Balaban J connectivity index is 1.93. The summed E-state index contributed by atoms with van der Waals surface area (Å²) in [5, 5.41) is 13.8. The summed E-state index contributed by atoms with van der Waals surface area (Å²) in [5.41, 5.74) is 4.32. The molecule has 7 heteroatoms. The quantitative estimate of drug-likeness (QED) is 0.452. The highest BCUT2D eigenvalue weighted by atomic mass is 32.2. The first-order chi connectivity index (χ1) is 13.7. The molecular weight excluding hydrogens is 388 g/mol. The average molecular weight is 417 g/mol. The zero-order chi connectivity index (χ0) is 21.6. The first-order valence-corrected chi connectivity index (χ1v) is 10.7. The molecule has 0 bridgehead atoms. The summed E-state index contributed by atoms with van der Waals surface area (Å²) in [7, 11) is 1.67. The van der Waals surface area contributed by atoms with Crippen molar-refractivity contribution in [3.63, 3.8) is 0 Å². The van der Waals surface area contributed by atoms with Crippen molar-refractivity contribution in [1.82, 2.24) is 5.32 Å². The van der Waals surface area contributed by atoms with Gasteiger partial charge in [0.05, 0.1) is 23.8 Å². The number of nitrogens with zero attached hydrogens (tertiary/aromatic N) is 1. The summed E-state index contributed by atoms with van der Waals surface area (Å²) in [6.45, 7) is 8.25. The number of benzene rings is 2. The molecule has 2 aromatic carbocycles. The number of thioether (sulfide) groups is 1. The maximum atomic E-state index is 12.4. The molecule has 2 rings (SSSR count). The smallest absolute Gasteiger partial charge is 0.269 e. The molecule has 1 N–H and O–H groups in total. The molecular formula is C22H28N2O4S. The van der Waals surface area contributed by atoms with Crippen LogP contribution in [0.25, 0.3) is 0 Å². The van der Waals surface area contributed by atoms with Crippen molar-refractivity contribution in [2.45, 2.75) is 45.4 Å². The van der Waals surface area contributed by atoms with Crippen molar-refractivity contribution < 1.29 is 14.5 Å². The Labute approximate surface area is 176 Å². The number of nitro benzene ring substituents is 1. The van der Waals surface area contributed by atoms with E-state index in [9.17, 15) is 14.9 Å². The van der Waals surface area contributed by atoms with Crippen molar-refractivity contribution in [3.8, 4) is 5.75 Å². The molecule has 29 heavy (non-hydrogen) atoms. The Bertz CT molecular complexity index is 866. The van der Waals surface area contributed by atoms with Crippen molar-refractivity contribution in [2.24, 2.45) is 0 Å². The van der Waals surface area contributed by atoms with Crippen molar-refractivity contribution in [3.05, 3.63) is 68.8 Å². The molecule has 1 atom stereocenters. The molecule has 0 saturated heterocycles. The summed E-state index contributed by atoms with van der Waals surface area (Å²) >= 11 is 1.48. The fourth-order valence-electron chi connectivity index (χ4n) is 3.15. The Morgan fingerprint density at radius 2 is 1.83 bits per heavy atom. The van der Waals surface area contributed by atoms with Gasteiger partial charge in [-0.2, -0.15) is 0 Å². The van der Waals surface area contributed by atoms with E-state index in [0.717, 1.165) is 28.0 Å². The van der Waals surface area contributed by atoms with Gasteiger partial charge in [0.2, 0.25) is 5.91 Å². The molecule has 156 valence electrons. The highest BCUT2D eigenvalue weighted by Gasteiger charge is 2.17. The van der Waals surface area contributed by atoms with E-state index >= 15 is 0 Å². The van der Waals surface area contributed by atoms with Gasteiger partial charge < -0.3 is 10.1 Å². The summed E-state index contributed by atoms with van der Waals surface area (Å²) in [5.74, 6) is 2.11. The highest BCUT2D eigenvalue weighted by molar-refractivity contribution is 7.99. The predicted octanol–water partition coefficient (Wildman–Crippen LogP) is 5.15. The molecule has 0 aromatic heterocycles. The van der Waals surface area contributed by atoms with E-state index < -0.39 is 4.92 Å². The van der Waals surface area contributed by atoms with Crippen LogP contribution < -0.4 is 10.1 Å². The minimum Gasteiger partial charge on any atom is -0.496 e. The van der Waals surface area contributed by atoms with Gasteiger partial charge in [-0.1, -0.05) is 26.0 Å². The molecule has 0 spiro atoms. The van der Waals surface area contributed by atoms with Crippen LogP contribution in [0.5, 0.6) is 5.75 Å². The van der Waals surface area contributed by atoms with Crippen LogP contribution in [0.4, 0.5) is 5.69 Å². The maximum Gasteiger partial charge on any atom is 0.269 e. The minimum absolute atomic E-state index is 0.0364. The molecule has 2 aromatic rings. The molecule has 1 amide bonds. The first kappa shape index (κ1) is 22.7. The number of methoxy groups -OCH3 is 1. The van der Waals surface area contributed by atoms with Crippen LogP contribution in [-0.2, 0) is 10.5 Å². The number of nitro groups is 1. The van der Waals surface area contributed by atoms with E-state index in [1.165, 1.54) is 23.9 Å². The third-order valence-electron chi connectivity index (χ3n) is 4.73. The molecule has 6 nitrogen and oxygen atoms in total. The summed E-state index contributed by atoms with van der Waals surface area (Å²) in [4.78, 5) is 22.6. The number of aryl methyl sites for hydroxylation is 1. The van der Waals surface area contributed by atoms with E-state index in [1.807, 2.05) is 19.9 Å². The van der Waals surface area contributed by atoms with Crippen LogP contribution >= 0.6 is 11.8 Å². The van der Waals surface area contributed by atoms with E-state index in [-0.39, 0.29) is 17.6 Å². The molecule has 0 heterocycles. The van der Waals surface area contributed by atoms with Gasteiger partial charge in [-0.15, -0.1) is 11.8 Å². The van der Waals surface area contributed by atoms with Gasteiger partial charge in [-0.25, -0.2) is 0 Å². The third-order valence-corrected chi connectivity index (χ3v) is 5.74. The van der Waals surface area contributed by atoms with Crippen LogP contribution in [0.2, 0.25) is 0 Å². The predicted molar refractivity (Wildman–Crippen MR) is 118 cm³/mol. The van der Waals surface area contributed by atoms with Crippen molar-refractivity contribution in [1.29, 1.82) is 0 Å². The number of carbonyl (C=O) groups excluding carboxylic acids is 1. The Morgan fingerprint density at radius 3 is 2.38 bits per heavy atom. The topological polar surface area (TPSA) is 81.5 Å². The third kappa shape index (κ3) is 6.22. The zero-order valence-electron chi connectivity index (χ0n) is 17.5. The second kappa shape index (κ2) is 10.3. The van der Waals surface area contributed by atoms with Gasteiger partial charge in [-0.05, 0) is 54.2 Å². The van der Waals surface area contributed by atoms with Gasteiger partial charge in [0, 0.05) is 17.9 Å². The average Bonchev–Trinajstić information content (AvgIpc) is 2.67. The molecule has 0 radical (unpaired) electrons. The lowest BCUT2D eigenvalue weighted by Crippen LogP contribution is -2.28. The van der Waals surface area contributed by atoms with Crippen LogP contribution in [0.3, 0.4) is 0 Å². The van der Waals surface area contributed by atoms with E-state index in [4.69, 9.17) is 4.74 Å². The van der Waals surface area contributed by atoms with E-state index in [2.05, 4.69) is 25.2 Å². The normalized spacial score (nSPS) is 11.9. The van der Waals surface area contributed by atoms with Gasteiger partial charge in [0.1, 0.15) is 5.75 Å². The number of amides is 1. The molecule has 0 aliphatic rings. The summed E-state index contributed by atoms with van der Waals surface area (Å²) in [6.07, 6.45) is 0. The fourth-order valence-corrected chi connectivity index (χ4v) is 3.95. The van der Waals surface area contributed by atoms with Crippen LogP contribution in [0.15, 0.2) is 36.4 Å². The summed E-state index contributed by atoms with van der Waals surface area (Å²) in [6, 6.07) is 10.4. The standard InChI is InChI=1S/C22H28N2O4S/c1-14(2)19-11-20(15(3)10-21(19)28-5)16(4)23-22(25)13-29-12-17-6-8-18(9-7-17)24(26)27/h6-11,14,16H,12-13H2,1-5H3,(H,23,25)/t16-/m1/s1. The van der Waals surface area contributed by atoms with Crippen LogP contribution in [0, 0.1) is 17.0 Å². The number of ether oxygens (including phenoxy) is 1. The van der Waals surface area contributed by atoms with Gasteiger partial charge in [0.15, 0.2) is 0 Å². The number of carbonyl (C=O) groups is 1. The first-order valence-electron chi connectivity index (χ1n) is 9.51. The lowest BCUT2D eigenvalue weighted by molar-refractivity contribution is -0.384. The molecule has 0 aliphatic carbocycles. The number of hydrogen-bond acceptors (Lipinski definition) is 5. The zero-order valence-corrected chi connectivity index (χ0v) is 18.3. The second-order valence-electron chi connectivity index (χ2n) is 7.31. The van der Waals surface area contributed by atoms with E-state index in [0.29, 0.717) is 17.4 Å². The Kier molecular flexibility index (Phi) is 8.08. The van der Waals surface area contributed by atoms with Crippen molar-refractivity contribution in [2.75, 3.05) is 12.9 Å². The number of rotatable bonds is 9. The number of non-ortho nitro benzene ring substituents is 1. The highest BCUT2D eigenvalue weighted by Crippen LogP contribution is 2.32. The summed E-state index contributed by atoms with van der Waals surface area (Å²) < 4.78 is 5.49. The molecule has 0 aliphatic heterocycles. The van der Waals surface area contributed by atoms with Crippen LogP contribution in [0.1, 0.15) is 55.0 Å². The number of hydrogen-bond donors (Lipinski definition) is 1. The monoisotopic (exact) mass is 416 g/mol. The Hall–Kier alpha value is -2.54. The van der Waals surface area contributed by atoms with Crippen LogP contribution in [-0.4, -0.2) is 23.7 Å².